The van der Waals surface area contributed by atoms with E-state index >= 15 is 0 Å². The number of amides is 1. The first-order valence-electron chi connectivity index (χ1n) is 10.8. The van der Waals surface area contributed by atoms with Crippen molar-refractivity contribution < 1.29 is 18.7 Å². The summed E-state index contributed by atoms with van der Waals surface area (Å²) >= 11 is 0. The Morgan fingerprint density at radius 3 is 2.94 bits per heavy atom. The van der Waals surface area contributed by atoms with E-state index in [1.165, 1.54) is 0 Å². The Kier molecular flexibility index (Phi) is 7.02. The van der Waals surface area contributed by atoms with E-state index in [-0.39, 0.29) is 0 Å². The van der Waals surface area contributed by atoms with Gasteiger partial charge in [-0.15, -0.1) is 0 Å². The summed E-state index contributed by atoms with van der Waals surface area (Å²) in [5.74, 6) is 2.45. The fourth-order valence-electron chi connectivity index (χ4n) is 3.70. The molecule has 0 saturated carbocycles. The number of morpholine rings is 1. The summed E-state index contributed by atoms with van der Waals surface area (Å²) in [6, 6.07) is 11.0. The molecule has 5 rings (SSSR count). The Labute approximate surface area is 204 Å². The van der Waals surface area contributed by atoms with Crippen LogP contribution in [-0.4, -0.2) is 65.9 Å². The maximum absolute atomic E-state index is 12.2. The van der Waals surface area contributed by atoms with Crippen molar-refractivity contribution in [2.24, 2.45) is 0 Å². The van der Waals surface area contributed by atoms with Crippen LogP contribution >= 0.6 is 21.6 Å². The first-order valence-corrected chi connectivity index (χ1v) is 13.6. The van der Waals surface area contributed by atoms with Gasteiger partial charge in [-0.3, -0.25) is 0 Å². The lowest BCUT2D eigenvalue weighted by molar-refractivity contribution is 0.122. The van der Waals surface area contributed by atoms with E-state index in [4.69, 9.17) is 23.9 Å². The van der Waals surface area contributed by atoms with Crippen LogP contribution in [0, 0.1) is 0 Å². The molecule has 176 valence electrons. The number of rotatable bonds is 7. The molecule has 9 nitrogen and oxygen atoms in total. The van der Waals surface area contributed by atoms with Gasteiger partial charge in [-0.25, -0.2) is 19.7 Å². The van der Waals surface area contributed by atoms with Crippen molar-refractivity contribution in [3.05, 3.63) is 42.6 Å². The SMILES string of the molecule is CSSCCNC(=O)Oc1cccc(-c2nc(N3CCOCC3)c3oc4ncccc4c3n2)c1. The van der Waals surface area contributed by atoms with E-state index < -0.39 is 6.09 Å². The number of aromatic nitrogens is 3. The second kappa shape index (κ2) is 10.5. The van der Waals surface area contributed by atoms with Gasteiger partial charge in [0.15, 0.2) is 17.2 Å². The molecule has 4 heterocycles. The molecular formula is C23H23N5O4S2. The van der Waals surface area contributed by atoms with Gasteiger partial charge in [0.1, 0.15) is 11.3 Å². The second-order valence-corrected chi connectivity index (χ2v) is 10.1. The van der Waals surface area contributed by atoms with Gasteiger partial charge in [0, 0.05) is 37.1 Å². The van der Waals surface area contributed by atoms with E-state index in [9.17, 15) is 4.79 Å². The number of anilines is 1. The lowest BCUT2D eigenvalue weighted by Gasteiger charge is -2.27. The fraction of sp³-hybridized carbons (Fsp3) is 0.304. The zero-order chi connectivity index (χ0) is 23.3. The third kappa shape index (κ3) is 4.91. The van der Waals surface area contributed by atoms with Crippen molar-refractivity contribution >= 4 is 55.7 Å². The molecule has 1 saturated heterocycles. The maximum Gasteiger partial charge on any atom is 0.412 e. The van der Waals surface area contributed by atoms with Crippen molar-refractivity contribution in [1.82, 2.24) is 20.3 Å². The molecule has 34 heavy (non-hydrogen) atoms. The van der Waals surface area contributed by atoms with Crippen molar-refractivity contribution in [1.29, 1.82) is 0 Å². The summed E-state index contributed by atoms with van der Waals surface area (Å²) in [5, 5.41) is 3.58. The molecule has 1 fully saturated rings. The Morgan fingerprint density at radius 2 is 2.09 bits per heavy atom. The fourth-order valence-corrected chi connectivity index (χ4v) is 4.80. The number of nitrogens with one attached hydrogen (secondary N) is 1. The highest BCUT2D eigenvalue weighted by Crippen LogP contribution is 2.34. The zero-order valence-electron chi connectivity index (χ0n) is 18.5. The standard InChI is InChI=1S/C23H23N5O4S2/c1-33-34-13-8-25-23(29)31-16-5-2-4-15(14-16)20-26-18-17-6-3-7-24-22(17)32-19(18)21(27-20)28-9-11-30-12-10-28/h2-7,14H,8-13H2,1H3,(H,25,29). The van der Waals surface area contributed by atoms with Gasteiger partial charge in [0.2, 0.25) is 5.71 Å². The summed E-state index contributed by atoms with van der Waals surface area (Å²) < 4.78 is 17.0. The Bertz CT molecular complexity index is 1310. The average Bonchev–Trinajstić information content (AvgIpc) is 3.25. The van der Waals surface area contributed by atoms with E-state index in [1.54, 1.807) is 39.9 Å². The molecule has 0 spiro atoms. The smallest absolute Gasteiger partial charge is 0.412 e. The van der Waals surface area contributed by atoms with Crippen LogP contribution in [0.15, 0.2) is 47.0 Å². The molecule has 4 aromatic rings. The monoisotopic (exact) mass is 497 g/mol. The highest BCUT2D eigenvalue weighted by atomic mass is 33.1. The Balaban J connectivity index is 1.49. The number of pyridine rings is 1. The summed E-state index contributed by atoms with van der Waals surface area (Å²) in [6.07, 6.45) is 3.21. The van der Waals surface area contributed by atoms with Crippen LogP contribution in [0.2, 0.25) is 0 Å². The summed E-state index contributed by atoms with van der Waals surface area (Å²) in [4.78, 5) is 28.3. The minimum absolute atomic E-state index is 0.419. The molecule has 3 aromatic heterocycles. The summed E-state index contributed by atoms with van der Waals surface area (Å²) in [7, 11) is 3.34. The van der Waals surface area contributed by atoms with Gasteiger partial charge in [-0.2, -0.15) is 0 Å². The van der Waals surface area contributed by atoms with Crippen LogP contribution in [-0.2, 0) is 4.74 Å². The highest BCUT2D eigenvalue weighted by molar-refractivity contribution is 8.76. The van der Waals surface area contributed by atoms with Crippen molar-refractivity contribution in [3.63, 3.8) is 0 Å². The van der Waals surface area contributed by atoms with Crippen molar-refractivity contribution in [2.45, 2.75) is 0 Å². The largest absolute Gasteiger partial charge is 0.432 e. The number of nitrogens with zero attached hydrogens (tertiary/aromatic N) is 4. The van der Waals surface area contributed by atoms with Crippen LogP contribution in [0.1, 0.15) is 0 Å². The number of benzene rings is 1. The molecule has 1 amide bonds. The number of hydrogen-bond acceptors (Lipinski definition) is 10. The predicted octanol–water partition coefficient (Wildman–Crippen LogP) is 4.37. The molecule has 0 aliphatic carbocycles. The first kappa shape index (κ1) is 22.8. The molecule has 0 unspecified atom stereocenters. The highest BCUT2D eigenvalue weighted by Gasteiger charge is 2.23. The van der Waals surface area contributed by atoms with Gasteiger partial charge < -0.3 is 24.1 Å². The molecule has 1 aliphatic rings. The number of fused-ring (bicyclic) bond motifs is 3. The molecule has 0 radical (unpaired) electrons. The van der Waals surface area contributed by atoms with E-state index in [0.717, 1.165) is 16.7 Å². The van der Waals surface area contributed by atoms with Crippen LogP contribution < -0.4 is 15.0 Å². The quantitative estimate of drug-likeness (QED) is 0.292. The summed E-state index contributed by atoms with van der Waals surface area (Å²) in [5.41, 5.74) is 2.56. The molecule has 0 bridgehead atoms. The minimum Gasteiger partial charge on any atom is -0.432 e. The lowest BCUT2D eigenvalue weighted by Crippen LogP contribution is -2.37. The van der Waals surface area contributed by atoms with Crippen molar-refractivity contribution in [2.75, 3.05) is 49.8 Å². The molecule has 1 aromatic carbocycles. The zero-order valence-corrected chi connectivity index (χ0v) is 20.2. The van der Waals surface area contributed by atoms with E-state index in [2.05, 4.69) is 15.2 Å². The Morgan fingerprint density at radius 1 is 1.21 bits per heavy atom. The van der Waals surface area contributed by atoms with E-state index in [0.29, 0.717) is 67.1 Å². The van der Waals surface area contributed by atoms with Gasteiger partial charge in [-0.1, -0.05) is 33.7 Å². The number of furan rings is 1. The Hall–Kier alpha value is -3.02. The van der Waals surface area contributed by atoms with Crippen LogP contribution in [0.3, 0.4) is 0 Å². The van der Waals surface area contributed by atoms with Gasteiger partial charge in [0.05, 0.1) is 18.6 Å². The van der Waals surface area contributed by atoms with Crippen LogP contribution in [0.25, 0.3) is 33.6 Å². The van der Waals surface area contributed by atoms with Crippen LogP contribution in [0.5, 0.6) is 5.75 Å². The first-order chi connectivity index (χ1) is 16.7. The number of hydrogen-bond donors (Lipinski definition) is 1. The third-order valence-electron chi connectivity index (χ3n) is 5.26. The molecule has 0 atom stereocenters. The van der Waals surface area contributed by atoms with Gasteiger partial charge in [-0.05, 0) is 30.5 Å². The summed E-state index contributed by atoms with van der Waals surface area (Å²) in [6.45, 7) is 3.18. The van der Waals surface area contributed by atoms with E-state index in [1.807, 2.05) is 30.5 Å². The normalized spacial score (nSPS) is 14.0. The number of carbonyl (C=O) groups excluding carboxylic acids is 1. The third-order valence-corrected chi connectivity index (χ3v) is 7.07. The maximum atomic E-state index is 12.2. The van der Waals surface area contributed by atoms with Gasteiger partial charge >= 0.3 is 6.09 Å². The lowest BCUT2D eigenvalue weighted by atomic mass is 10.2. The molecule has 1 N–H and O–H groups in total. The molecule has 1 aliphatic heterocycles. The second-order valence-electron chi connectivity index (χ2n) is 7.44. The van der Waals surface area contributed by atoms with Crippen LogP contribution in [0.4, 0.5) is 10.6 Å². The van der Waals surface area contributed by atoms with Gasteiger partial charge in [0.25, 0.3) is 0 Å². The minimum atomic E-state index is -0.490. The average molecular weight is 498 g/mol. The van der Waals surface area contributed by atoms with Crippen molar-refractivity contribution in [3.8, 4) is 17.1 Å². The molecular weight excluding hydrogens is 474 g/mol. The predicted molar refractivity (Wildman–Crippen MR) is 136 cm³/mol. The number of carbonyl (C=O) groups is 1. The number of ether oxygens (including phenoxy) is 2. The topological polar surface area (TPSA) is 103 Å². The molecule has 11 heteroatoms.